The van der Waals surface area contributed by atoms with Gasteiger partial charge in [-0.1, -0.05) is 18.5 Å². The maximum atomic E-state index is 12.3. The van der Waals surface area contributed by atoms with Crippen LogP contribution >= 0.6 is 11.6 Å². The summed E-state index contributed by atoms with van der Waals surface area (Å²) in [5.74, 6) is 1.11. The molecular weight excluding hydrogens is 334 g/mol. The highest BCUT2D eigenvalue weighted by Crippen LogP contribution is 2.53. The number of allylic oxidation sites excluding steroid dienone is 3. The van der Waals surface area contributed by atoms with Crippen LogP contribution in [0.25, 0.3) is 0 Å². The maximum absolute atomic E-state index is 12.3. The molecule has 0 bridgehead atoms. The minimum absolute atomic E-state index is 0.00875. The molecule has 3 aliphatic heterocycles. The van der Waals surface area contributed by atoms with Gasteiger partial charge in [-0.3, -0.25) is 9.79 Å². The van der Waals surface area contributed by atoms with E-state index in [1.54, 1.807) is 6.08 Å². The first-order valence-corrected chi connectivity index (χ1v) is 9.54. The van der Waals surface area contributed by atoms with Gasteiger partial charge >= 0.3 is 0 Å². The van der Waals surface area contributed by atoms with E-state index in [0.29, 0.717) is 24.8 Å². The normalized spacial score (nSPS) is 33.7. The van der Waals surface area contributed by atoms with Crippen LogP contribution in [0.3, 0.4) is 0 Å². The molecule has 0 aromatic carbocycles. The topological polar surface area (TPSA) is 44.7 Å². The molecular formula is C20H22ClN3O. The summed E-state index contributed by atoms with van der Waals surface area (Å²) in [5.41, 5.74) is 7.33. The van der Waals surface area contributed by atoms with E-state index < -0.39 is 0 Å². The summed E-state index contributed by atoms with van der Waals surface area (Å²) in [6.45, 7) is 5.73. The average molecular weight is 356 g/mol. The number of dihydropyridines is 1. The van der Waals surface area contributed by atoms with E-state index in [4.69, 9.17) is 16.6 Å². The smallest absolute Gasteiger partial charge is 0.158 e. The van der Waals surface area contributed by atoms with Crippen molar-refractivity contribution in [3.63, 3.8) is 0 Å². The van der Waals surface area contributed by atoms with Crippen LogP contribution in [0, 0.1) is 11.8 Å². The summed E-state index contributed by atoms with van der Waals surface area (Å²) < 4.78 is 0. The lowest BCUT2D eigenvalue weighted by Gasteiger charge is -2.36. The Morgan fingerprint density at radius 2 is 2.20 bits per heavy atom. The lowest BCUT2D eigenvalue weighted by atomic mass is 9.79. The van der Waals surface area contributed by atoms with E-state index in [1.807, 2.05) is 6.92 Å². The van der Waals surface area contributed by atoms with Gasteiger partial charge in [0, 0.05) is 29.8 Å². The molecule has 3 atom stereocenters. The molecule has 0 amide bonds. The molecule has 5 rings (SSSR count). The van der Waals surface area contributed by atoms with Gasteiger partial charge in [-0.2, -0.15) is 0 Å². The summed E-state index contributed by atoms with van der Waals surface area (Å²) in [5, 5.41) is 4.18. The van der Waals surface area contributed by atoms with Gasteiger partial charge in [-0.25, -0.2) is 0 Å². The first-order chi connectivity index (χ1) is 12.1. The summed E-state index contributed by atoms with van der Waals surface area (Å²) in [7, 11) is 0. The third kappa shape index (κ3) is 2.06. The predicted molar refractivity (Wildman–Crippen MR) is 99.2 cm³/mol. The Labute approximate surface area is 153 Å². The standard InChI is InChI=1S/C20H22ClN3O/c1-10-3-4-13-15-7-22-9-16(21)20(15)24-17-6-12(25)5-11(2)18(17)23-8-14(10)19(13)24/h5,7,10,13,17,22H,3-4,6,8-9H2,1-2H3. The molecule has 2 aliphatic carbocycles. The van der Waals surface area contributed by atoms with Crippen LogP contribution in [0.15, 0.2) is 50.4 Å². The zero-order valence-electron chi connectivity index (χ0n) is 14.6. The second kappa shape index (κ2) is 5.34. The lowest BCUT2D eigenvalue weighted by molar-refractivity contribution is -0.115. The molecule has 1 N–H and O–H groups in total. The Morgan fingerprint density at radius 3 is 3.04 bits per heavy atom. The number of fused-ring (bicyclic) bond motifs is 5. The van der Waals surface area contributed by atoms with Crippen molar-refractivity contribution in [2.45, 2.75) is 39.2 Å². The van der Waals surface area contributed by atoms with E-state index in [9.17, 15) is 4.79 Å². The first kappa shape index (κ1) is 15.4. The van der Waals surface area contributed by atoms with E-state index >= 15 is 0 Å². The Kier molecular flexibility index (Phi) is 3.30. The lowest BCUT2D eigenvalue weighted by Crippen LogP contribution is -2.42. The number of aliphatic imine (C=N–C) groups is 1. The van der Waals surface area contributed by atoms with Crippen LogP contribution in [0.5, 0.6) is 0 Å². The monoisotopic (exact) mass is 355 g/mol. The molecule has 5 heteroatoms. The number of halogens is 1. The number of carbonyl (C=O) groups excluding carboxylic acids is 1. The zero-order chi connectivity index (χ0) is 17.3. The van der Waals surface area contributed by atoms with Gasteiger partial charge in [0.2, 0.25) is 0 Å². The zero-order valence-corrected chi connectivity index (χ0v) is 15.4. The van der Waals surface area contributed by atoms with Crippen molar-refractivity contribution in [2.75, 3.05) is 13.1 Å². The third-order valence-electron chi connectivity index (χ3n) is 6.29. The summed E-state index contributed by atoms with van der Waals surface area (Å²) >= 11 is 6.69. The van der Waals surface area contributed by atoms with Crippen molar-refractivity contribution in [1.82, 2.24) is 10.2 Å². The molecule has 4 nitrogen and oxygen atoms in total. The van der Waals surface area contributed by atoms with Crippen molar-refractivity contribution in [1.29, 1.82) is 0 Å². The Balaban J connectivity index is 1.77. The summed E-state index contributed by atoms with van der Waals surface area (Å²) in [4.78, 5) is 19.7. The first-order valence-electron chi connectivity index (χ1n) is 9.16. The number of ketones is 1. The molecule has 0 saturated carbocycles. The average Bonchev–Trinajstić information content (AvgIpc) is 2.80. The van der Waals surface area contributed by atoms with E-state index in [-0.39, 0.29) is 11.8 Å². The second-order valence-electron chi connectivity index (χ2n) is 7.76. The molecule has 1 fully saturated rings. The van der Waals surface area contributed by atoms with Crippen molar-refractivity contribution >= 4 is 23.1 Å². The predicted octanol–water partition coefficient (Wildman–Crippen LogP) is 3.28. The minimum Gasteiger partial charge on any atom is -0.386 e. The highest BCUT2D eigenvalue weighted by atomic mass is 35.5. The maximum Gasteiger partial charge on any atom is 0.158 e. The second-order valence-corrected chi connectivity index (χ2v) is 8.22. The van der Waals surface area contributed by atoms with Crippen LogP contribution in [0.1, 0.15) is 33.1 Å². The number of hydrogen-bond donors (Lipinski definition) is 1. The summed E-state index contributed by atoms with van der Waals surface area (Å²) in [6, 6.07) is -0.00875. The molecule has 0 radical (unpaired) electrons. The van der Waals surface area contributed by atoms with Crippen LogP contribution in [-0.2, 0) is 4.79 Å². The molecule has 5 aliphatic rings. The molecule has 25 heavy (non-hydrogen) atoms. The highest BCUT2D eigenvalue weighted by Gasteiger charge is 2.49. The van der Waals surface area contributed by atoms with Crippen LogP contribution < -0.4 is 5.32 Å². The molecule has 0 aromatic rings. The molecule has 3 unspecified atom stereocenters. The van der Waals surface area contributed by atoms with E-state index in [1.165, 1.54) is 23.3 Å². The number of nitrogens with zero attached hydrogens (tertiary/aromatic N) is 2. The van der Waals surface area contributed by atoms with Gasteiger partial charge in [-0.05, 0) is 42.9 Å². The van der Waals surface area contributed by atoms with Crippen molar-refractivity contribution in [3.8, 4) is 0 Å². The molecule has 130 valence electrons. The number of hydrogen-bond acceptors (Lipinski definition) is 4. The van der Waals surface area contributed by atoms with Crippen LogP contribution in [0.4, 0.5) is 0 Å². The van der Waals surface area contributed by atoms with Crippen molar-refractivity contribution in [2.24, 2.45) is 16.8 Å². The Morgan fingerprint density at radius 1 is 1.36 bits per heavy atom. The highest BCUT2D eigenvalue weighted by molar-refractivity contribution is 6.30. The van der Waals surface area contributed by atoms with Gasteiger partial charge in [0.1, 0.15) is 0 Å². The van der Waals surface area contributed by atoms with Gasteiger partial charge < -0.3 is 10.2 Å². The number of nitrogens with one attached hydrogen (secondary N) is 1. The molecule has 3 heterocycles. The molecule has 0 aromatic heterocycles. The van der Waals surface area contributed by atoms with Crippen LogP contribution in [-0.4, -0.2) is 35.5 Å². The number of rotatable bonds is 0. The van der Waals surface area contributed by atoms with Gasteiger partial charge in [0.05, 0.1) is 35.6 Å². The third-order valence-corrected chi connectivity index (χ3v) is 6.60. The Hall–Kier alpha value is -1.81. The molecule has 1 saturated heterocycles. The summed E-state index contributed by atoms with van der Waals surface area (Å²) in [6.07, 6.45) is 6.71. The fourth-order valence-corrected chi connectivity index (χ4v) is 5.42. The van der Waals surface area contributed by atoms with Gasteiger partial charge in [0.25, 0.3) is 0 Å². The minimum atomic E-state index is -0.00875. The molecule has 0 spiro atoms. The van der Waals surface area contributed by atoms with E-state index in [2.05, 4.69) is 23.3 Å². The number of carbonyl (C=O) groups is 1. The van der Waals surface area contributed by atoms with Gasteiger partial charge in [0.15, 0.2) is 5.78 Å². The van der Waals surface area contributed by atoms with Gasteiger partial charge in [-0.15, -0.1) is 0 Å². The Bertz CT molecular complexity index is 845. The van der Waals surface area contributed by atoms with E-state index in [0.717, 1.165) is 35.0 Å². The van der Waals surface area contributed by atoms with Crippen LogP contribution in [0.2, 0.25) is 0 Å². The SMILES string of the molecule is CC1=CC(=O)CC2C1=NCC1=C3C(CCC1C)C1=CNCC(Cl)=C1N32. The van der Waals surface area contributed by atoms with Crippen molar-refractivity contribution < 1.29 is 4.79 Å². The fourth-order valence-electron chi connectivity index (χ4n) is 5.14. The fraction of sp³-hybridized carbons (Fsp3) is 0.500. The van der Waals surface area contributed by atoms with Crippen molar-refractivity contribution in [3.05, 3.63) is 45.4 Å². The largest absolute Gasteiger partial charge is 0.386 e. The quantitative estimate of drug-likeness (QED) is 0.725.